The first-order valence-corrected chi connectivity index (χ1v) is 5.23. The molecule has 0 bridgehead atoms. The number of rotatable bonds is 1. The molecule has 0 spiro atoms. The van der Waals surface area contributed by atoms with Crippen molar-refractivity contribution < 1.29 is 4.79 Å². The Balaban J connectivity index is 2.61. The third kappa shape index (κ3) is 2.61. The lowest BCUT2D eigenvalue weighted by atomic mass is 9.96. The molecule has 14 heavy (non-hydrogen) atoms. The Morgan fingerprint density at radius 2 is 2.00 bits per heavy atom. The van der Waals surface area contributed by atoms with Crippen LogP contribution in [0.5, 0.6) is 0 Å². The normalized spacial score (nSPS) is 29.6. The average Bonchev–Trinajstić information content (AvgIpc) is 2.28. The van der Waals surface area contributed by atoms with E-state index in [0.717, 1.165) is 25.9 Å². The maximum atomic E-state index is 11.1. The molecule has 2 amide bonds. The van der Waals surface area contributed by atoms with Gasteiger partial charge in [0, 0.05) is 13.1 Å². The summed E-state index contributed by atoms with van der Waals surface area (Å²) in [5.74, 6) is 0.539. The summed E-state index contributed by atoms with van der Waals surface area (Å²) in [4.78, 5) is 15.1. The molecule has 1 saturated heterocycles. The van der Waals surface area contributed by atoms with Crippen LogP contribution in [0.3, 0.4) is 0 Å². The van der Waals surface area contributed by atoms with E-state index in [1.54, 1.807) is 11.9 Å². The molecule has 1 aliphatic heterocycles. The zero-order valence-corrected chi connectivity index (χ0v) is 9.36. The van der Waals surface area contributed by atoms with Gasteiger partial charge in [-0.3, -0.25) is 0 Å². The minimum atomic E-state index is -0.314. The van der Waals surface area contributed by atoms with Crippen LogP contribution in [0.4, 0.5) is 4.79 Å². The summed E-state index contributed by atoms with van der Waals surface area (Å²) < 4.78 is 0. The van der Waals surface area contributed by atoms with Crippen molar-refractivity contribution in [3.8, 4) is 0 Å². The lowest BCUT2D eigenvalue weighted by Crippen LogP contribution is -2.44. The number of amides is 2. The predicted octanol–water partition coefficient (Wildman–Crippen LogP) is 0.727. The van der Waals surface area contributed by atoms with Crippen LogP contribution in [0.2, 0.25) is 0 Å². The summed E-state index contributed by atoms with van der Waals surface area (Å²) in [6, 6.07) is -0.0103. The van der Waals surface area contributed by atoms with Crippen LogP contribution in [0.15, 0.2) is 0 Å². The van der Waals surface area contributed by atoms with Crippen LogP contribution < -0.4 is 5.73 Å². The second-order valence-electron chi connectivity index (χ2n) is 4.37. The Bertz CT molecular complexity index is 208. The molecule has 0 saturated carbocycles. The van der Waals surface area contributed by atoms with Crippen molar-refractivity contribution in [1.29, 1.82) is 0 Å². The molecule has 0 aromatic carbocycles. The number of nitrogens with two attached hydrogens (primary N) is 1. The van der Waals surface area contributed by atoms with Crippen molar-refractivity contribution >= 4 is 6.03 Å². The molecule has 4 nitrogen and oxygen atoms in total. The third-order valence-corrected chi connectivity index (χ3v) is 3.27. The predicted molar refractivity (Wildman–Crippen MR) is 57.0 cm³/mol. The van der Waals surface area contributed by atoms with Gasteiger partial charge in [0.25, 0.3) is 0 Å². The Labute approximate surface area is 86.0 Å². The first-order valence-electron chi connectivity index (χ1n) is 5.23. The van der Waals surface area contributed by atoms with Gasteiger partial charge in [-0.1, -0.05) is 6.92 Å². The highest BCUT2D eigenvalue weighted by molar-refractivity contribution is 5.72. The van der Waals surface area contributed by atoms with E-state index in [0.29, 0.717) is 12.0 Å². The number of carbonyl (C=O) groups is 1. The fourth-order valence-corrected chi connectivity index (χ4v) is 2.10. The highest BCUT2D eigenvalue weighted by Crippen LogP contribution is 2.20. The van der Waals surface area contributed by atoms with E-state index in [9.17, 15) is 4.79 Å². The number of nitrogens with zero attached hydrogens (tertiary/aromatic N) is 2. The molecule has 2 N–H and O–H groups in total. The second kappa shape index (κ2) is 4.64. The lowest BCUT2D eigenvalue weighted by Gasteiger charge is -2.29. The second-order valence-corrected chi connectivity index (χ2v) is 4.37. The molecule has 1 heterocycles. The number of urea groups is 1. The molecule has 0 radical (unpaired) electrons. The van der Waals surface area contributed by atoms with Crippen molar-refractivity contribution in [3.05, 3.63) is 0 Å². The highest BCUT2D eigenvalue weighted by atomic mass is 16.2. The van der Waals surface area contributed by atoms with E-state index in [1.807, 2.05) is 0 Å². The van der Waals surface area contributed by atoms with Gasteiger partial charge in [-0.05, 0) is 38.9 Å². The van der Waals surface area contributed by atoms with Gasteiger partial charge >= 0.3 is 6.03 Å². The largest absolute Gasteiger partial charge is 0.351 e. The quantitative estimate of drug-likeness (QED) is 0.676. The Morgan fingerprint density at radius 3 is 2.57 bits per heavy atom. The number of likely N-dealkylation sites (tertiary alicyclic amines) is 1. The molecular weight excluding hydrogens is 178 g/mol. The van der Waals surface area contributed by atoms with Gasteiger partial charge in [0.1, 0.15) is 0 Å². The molecule has 1 fully saturated rings. The standard InChI is InChI=1S/C10H21N3O/c1-8-4-6-12(2)7-5-9(8)13(3)10(11)14/h8-9H,4-7H2,1-3H3,(H2,11,14). The maximum Gasteiger partial charge on any atom is 0.314 e. The summed E-state index contributed by atoms with van der Waals surface area (Å²) in [5, 5.41) is 0. The molecule has 2 atom stereocenters. The number of carbonyl (C=O) groups excluding carboxylic acids is 1. The summed E-state index contributed by atoms with van der Waals surface area (Å²) in [6.45, 7) is 4.36. The fourth-order valence-electron chi connectivity index (χ4n) is 2.10. The first kappa shape index (κ1) is 11.3. The fraction of sp³-hybridized carbons (Fsp3) is 0.900. The van der Waals surface area contributed by atoms with Gasteiger partial charge in [0.15, 0.2) is 0 Å². The van der Waals surface area contributed by atoms with Gasteiger partial charge in [-0.25, -0.2) is 4.79 Å². The van der Waals surface area contributed by atoms with Crippen LogP contribution in [-0.4, -0.2) is 49.1 Å². The van der Waals surface area contributed by atoms with Crippen LogP contribution in [0, 0.1) is 5.92 Å². The summed E-state index contributed by atoms with van der Waals surface area (Å²) in [7, 11) is 3.92. The van der Waals surface area contributed by atoms with Gasteiger partial charge in [-0.2, -0.15) is 0 Å². The molecule has 2 unspecified atom stereocenters. The van der Waals surface area contributed by atoms with E-state index in [2.05, 4.69) is 18.9 Å². The monoisotopic (exact) mass is 199 g/mol. The van der Waals surface area contributed by atoms with Crippen LogP contribution >= 0.6 is 0 Å². The van der Waals surface area contributed by atoms with Crippen molar-refractivity contribution in [3.63, 3.8) is 0 Å². The van der Waals surface area contributed by atoms with E-state index in [4.69, 9.17) is 5.73 Å². The van der Waals surface area contributed by atoms with Gasteiger partial charge in [0.2, 0.25) is 0 Å². The zero-order valence-electron chi connectivity index (χ0n) is 9.36. The van der Waals surface area contributed by atoms with Gasteiger partial charge in [0.05, 0.1) is 0 Å². The molecule has 4 heteroatoms. The molecular formula is C10H21N3O. The number of hydrogen-bond acceptors (Lipinski definition) is 2. The van der Waals surface area contributed by atoms with Crippen molar-refractivity contribution in [2.24, 2.45) is 11.7 Å². The molecule has 0 aromatic rings. The van der Waals surface area contributed by atoms with Crippen LogP contribution in [0.1, 0.15) is 19.8 Å². The van der Waals surface area contributed by atoms with Crippen LogP contribution in [0.25, 0.3) is 0 Å². The smallest absolute Gasteiger partial charge is 0.314 e. The molecule has 1 rings (SSSR count). The van der Waals surface area contributed by atoms with Gasteiger partial charge < -0.3 is 15.5 Å². The SMILES string of the molecule is CC1CCN(C)CCC1N(C)C(N)=O. The molecule has 0 aliphatic carbocycles. The van der Waals surface area contributed by atoms with Gasteiger partial charge in [-0.15, -0.1) is 0 Å². The third-order valence-electron chi connectivity index (χ3n) is 3.27. The molecule has 82 valence electrons. The summed E-state index contributed by atoms with van der Waals surface area (Å²) in [5.41, 5.74) is 5.29. The van der Waals surface area contributed by atoms with Crippen molar-refractivity contribution in [2.75, 3.05) is 27.2 Å². The Hall–Kier alpha value is -0.770. The maximum absolute atomic E-state index is 11.1. The summed E-state index contributed by atoms with van der Waals surface area (Å²) >= 11 is 0. The molecule has 0 aromatic heterocycles. The first-order chi connectivity index (χ1) is 6.52. The van der Waals surface area contributed by atoms with Crippen LogP contribution in [-0.2, 0) is 0 Å². The van der Waals surface area contributed by atoms with E-state index < -0.39 is 0 Å². The number of primary amides is 1. The summed E-state index contributed by atoms with van der Waals surface area (Å²) in [6.07, 6.45) is 2.16. The topological polar surface area (TPSA) is 49.6 Å². The zero-order chi connectivity index (χ0) is 10.7. The minimum Gasteiger partial charge on any atom is -0.351 e. The van der Waals surface area contributed by atoms with E-state index >= 15 is 0 Å². The Morgan fingerprint density at radius 1 is 1.43 bits per heavy atom. The Kier molecular flexibility index (Phi) is 3.75. The minimum absolute atomic E-state index is 0.303. The van der Waals surface area contributed by atoms with Crippen molar-refractivity contribution in [1.82, 2.24) is 9.80 Å². The highest BCUT2D eigenvalue weighted by Gasteiger charge is 2.26. The van der Waals surface area contributed by atoms with E-state index in [1.165, 1.54) is 0 Å². The number of hydrogen-bond donors (Lipinski definition) is 1. The average molecular weight is 199 g/mol. The molecule has 1 aliphatic rings. The van der Waals surface area contributed by atoms with E-state index in [-0.39, 0.29) is 6.03 Å². The van der Waals surface area contributed by atoms with Crippen molar-refractivity contribution in [2.45, 2.75) is 25.8 Å². The lowest BCUT2D eigenvalue weighted by molar-refractivity contribution is 0.175.